The minimum absolute atomic E-state index is 0.0598. The highest BCUT2D eigenvalue weighted by atomic mass is 16.5. The van der Waals surface area contributed by atoms with E-state index in [1.807, 2.05) is 43.3 Å². The van der Waals surface area contributed by atoms with Crippen LogP contribution in [0.4, 0.5) is 0 Å². The summed E-state index contributed by atoms with van der Waals surface area (Å²) < 4.78 is 11.2. The van der Waals surface area contributed by atoms with Gasteiger partial charge in [-0.2, -0.15) is 0 Å². The highest BCUT2D eigenvalue weighted by molar-refractivity contribution is 5.98. The summed E-state index contributed by atoms with van der Waals surface area (Å²) >= 11 is 0. The Morgan fingerprint density at radius 1 is 1.30 bits per heavy atom. The Labute approximate surface area is 158 Å². The monoisotopic (exact) mass is 364 g/mol. The van der Waals surface area contributed by atoms with Crippen molar-refractivity contribution < 1.29 is 13.9 Å². The Bertz CT molecular complexity index is 1010. The molecule has 0 spiro atoms. The molecule has 0 radical (unpaired) electrons. The number of pyridine rings is 1. The number of carbonyl (C=O) groups excluding carboxylic acids is 1. The van der Waals surface area contributed by atoms with Gasteiger partial charge in [-0.15, -0.1) is 0 Å². The summed E-state index contributed by atoms with van der Waals surface area (Å²) in [6.07, 6.45) is 1.19. The van der Waals surface area contributed by atoms with Crippen LogP contribution >= 0.6 is 0 Å². The van der Waals surface area contributed by atoms with Gasteiger partial charge in [0, 0.05) is 24.4 Å². The average molecular weight is 364 g/mol. The lowest BCUT2D eigenvalue weighted by atomic mass is 10.1. The molecule has 0 unspecified atom stereocenters. The van der Waals surface area contributed by atoms with Crippen LogP contribution in [0.2, 0.25) is 0 Å². The summed E-state index contributed by atoms with van der Waals surface area (Å²) in [5.74, 6) is 3.79. The molecule has 2 atom stereocenters. The lowest BCUT2D eigenvalue weighted by Gasteiger charge is -2.17. The highest BCUT2D eigenvalue weighted by Crippen LogP contribution is 2.47. The van der Waals surface area contributed by atoms with Gasteiger partial charge in [-0.1, -0.05) is 6.92 Å². The SMILES string of the molecule is COc1ccc2cc(C(=O)N(C)Cc3ccc([C@@H]4C[C@H]4C)o3)c(C)nc2c1. The van der Waals surface area contributed by atoms with Crippen molar-refractivity contribution in [2.45, 2.75) is 32.7 Å². The Balaban J connectivity index is 1.54. The van der Waals surface area contributed by atoms with E-state index in [4.69, 9.17) is 9.15 Å². The first kappa shape index (κ1) is 17.6. The van der Waals surface area contributed by atoms with Crippen LogP contribution in [0.3, 0.4) is 0 Å². The van der Waals surface area contributed by atoms with Crippen LogP contribution in [0.1, 0.15) is 46.8 Å². The Morgan fingerprint density at radius 2 is 2.07 bits per heavy atom. The molecular weight excluding hydrogens is 340 g/mol. The second-order valence-electron chi connectivity index (χ2n) is 7.46. The summed E-state index contributed by atoms with van der Waals surface area (Å²) in [6, 6.07) is 11.6. The topological polar surface area (TPSA) is 55.6 Å². The van der Waals surface area contributed by atoms with Crippen LogP contribution in [-0.2, 0) is 6.54 Å². The molecule has 0 bridgehead atoms. The molecule has 1 saturated carbocycles. The van der Waals surface area contributed by atoms with Crippen molar-refractivity contribution in [2.24, 2.45) is 5.92 Å². The van der Waals surface area contributed by atoms with Gasteiger partial charge in [0.05, 0.1) is 30.4 Å². The lowest BCUT2D eigenvalue weighted by molar-refractivity contribution is 0.0774. The van der Waals surface area contributed by atoms with Crippen molar-refractivity contribution in [3.63, 3.8) is 0 Å². The number of rotatable bonds is 5. The number of ether oxygens (including phenoxy) is 1. The van der Waals surface area contributed by atoms with Crippen molar-refractivity contribution in [3.8, 4) is 5.75 Å². The number of fused-ring (bicyclic) bond motifs is 1. The fraction of sp³-hybridized carbons (Fsp3) is 0.364. The fourth-order valence-corrected chi connectivity index (χ4v) is 3.50. The number of amides is 1. The molecule has 2 aromatic heterocycles. The first-order chi connectivity index (χ1) is 13.0. The Kier molecular flexibility index (Phi) is 4.38. The smallest absolute Gasteiger partial charge is 0.255 e. The van der Waals surface area contributed by atoms with E-state index in [9.17, 15) is 4.79 Å². The molecule has 140 valence electrons. The number of furan rings is 1. The molecule has 1 fully saturated rings. The molecule has 1 aliphatic rings. The third-order valence-corrected chi connectivity index (χ3v) is 5.34. The molecule has 2 heterocycles. The normalized spacial score (nSPS) is 18.5. The van der Waals surface area contributed by atoms with E-state index in [1.54, 1.807) is 19.1 Å². The molecule has 0 aliphatic heterocycles. The molecule has 4 rings (SSSR count). The molecule has 3 aromatic rings. The minimum Gasteiger partial charge on any atom is -0.497 e. The third-order valence-electron chi connectivity index (χ3n) is 5.34. The van der Waals surface area contributed by atoms with Gasteiger partial charge < -0.3 is 14.1 Å². The number of methoxy groups -OCH3 is 1. The zero-order valence-electron chi connectivity index (χ0n) is 16.2. The van der Waals surface area contributed by atoms with E-state index in [0.717, 1.165) is 28.2 Å². The second kappa shape index (κ2) is 6.72. The molecule has 1 amide bonds. The fourth-order valence-electron chi connectivity index (χ4n) is 3.50. The van der Waals surface area contributed by atoms with Crippen LogP contribution < -0.4 is 4.74 Å². The van der Waals surface area contributed by atoms with Gasteiger partial charge in [0.2, 0.25) is 0 Å². The van der Waals surface area contributed by atoms with E-state index >= 15 is 0 Å². The van der Waals surface area contributed by atoms with Gasteiger partial charge in [0.25, 0.3) is 5.91 Å². The van der Waals surface area contributed by atoms with E-state index in [0.29, 0.717) is 29.6 Å². The van der Waals surface area contributed by atoms with Crippen LogP contribution in [0, 0.1) is 12.8 Å². The average Bonchev–Trinajstić information content (AvgIpc) is 3.21. The van der Waals surface area contributed by atoms with Gasteiger partial charge in [-0.05, 0) is 49.6 Å². The maximum atomic E-state index is 13.0. The summed E-state index contributed by atoms with van der Waals surface area (Å²) in [4.78, 5) is 19.2. The summed E-state index contributed by atoms with van der Waals surface area (Å²) in [7, 11) is 3.42. The highest BCUT2D eigenvalue weighted by Gasteiger charge is 2.36. The number of benzene rings is 1. The molecule has 1 aliphatic carbocycles. The molecule has 0 saturated heterocycles. The van der Waals surface area contributed by atoms with Crippen molar-refractivity contribution in [2.75, 3.05) is 14.2 Å². The number of aromatic nitrogens is 1. The van der Waals surface area contributed by atoms with Gasteiger partial charge in [0.1, 0.15) is 17.3 Å². The maximum absolute atomic E-state index is 13.0. The van der Waals surface area contributed by atoms with Crippen molar-refractivity contribution in [1.29, 1.82) is 0 Å². The molecule has 5 heteroatoms. The van der Waals surface area contributed by atoms with E-state index in [-0.39, 0.29) is 5.91 Å². The molecule has 5 nitrogen and oxygen atoms in total. The first-order valence-electron chi connectivity index (χ1n) is 9.25. The largest absolute Gasteiger partial charge is 0.497 e. The first-order valence-corrected chi connectivity index (χ1v) is 9.25. The van der Waals surface area contributed by atoms with Crippen LogP contribution in [0.15, 0.2) is 40.8 Å². The number of hydrogen-bond acceptors (Lipinski definition) is 4. The predicted molar refractivity (Wildman–Crippen MR) is 104 cm³/mol. The number of hydrogen-bond donors (Lipinski definition) is 0. The lowest BCUT2D eigenvalue weighted by Crippen LogP contribution is -2.27. The zero-order valence-corrected chi connectivity index (χ0v) is 16.2. The number of carbonyl (C=O) groups is 1. The van der Waals surface area contributed by atoms with Gasteiger partial charge in [0.15, 0.2) is 0 Å². The molecule has 0 N–H and O–H groups in total. The Hall–Kier alpha value is -2.82. The van der Waals surface area contributed by atoms with Gasteiger partial charge in [-0.25, -0.2) is 0 Å². The van der Waals surface area contributed by atoms with Crippen LogP contribution in [0.5, 0.6) is 5.75 Å². The quantitative estimate of drug-likeness (QED) is 0.667. The molecule has 27 heavy (non-hydrogen) atoms. The van der Waals surface area contributed by atoms with Crippen molar-refractivity contribution in [3.05, 3.63) is 59.2 Å². The summed E-state index contributed by atoms with van der Waals surface area (Å²) in [6.45, 7) is 4.53. The second-order valence-corrected chi connectivity index (χ2v) is 7.46. The van der Waals surface area contributed by atoms with Crippen LogP contribution in [-0.4, -0.2) is 29.9 Å². The zero-order chi connectivity index (χ0) is 19.1. The summed E-state index contributed by atoms with van der Waals surface area (Å²) in [5, 5.41) is 0.918. The standard InChI is InChI=1S/C22H24N2O3/c1-13-9-18(13)21-8-7-17(27-21)12-24(3)22(25)19-10-15-5-6-16(26-4)11-20(15)23-14(19)2/h5-8,10-11,13,18H,9,12H2,1-4H3/t13-,18-/m1/s1. The van der Waals surface area contributed by atoms with Crippen molar-refractivity contribution >= 4 is 16.8 Å². The minimum atomic E-state index is -0.0598. The van der Waals surface area contributed by atoms with Gasteiger partial charge >= 0.3 is 0 Å². The van der Waals surface area contributed by atoms with Crippen LogP contribution in [0.25, 0.3) is 10.9 Å². The number of aryl methyl sites for hydroxylation is 1. The predicted octanol–water partition coefficient (Wildman–Crippen LogP) is 4.54. The Morgan fingerprint density at radius 3 is 2.78 bits per heavy atom. The van der Waals surface area contributed by atoms with E-state index in [1.165, 1.54) is 6.42 Å². The van der Waals surface area contributed by atoms with Crippen molar-refractivity contribution in [1.82, 2.24) is 9.88 Å². The van der Waals surface area contributed by atoms with Gasteiger partial charge in [-0.3, -0.25) is 9.78 Å². The third kappa shape index (κ3) is 3.42. The summed E-state index contributed by atoms with van der Waals surface area (Å²) in [5.41, 5.74) is 2.14. The van der Waals surface area contributed by atoms with E-state index in [2.05, 4.69) is 11.9 Å². The maximum Gasteiger partial charge on any atom is 0.255 e. The molecule has 1 aromatic carbocycles. The molecular formula is C22H24N2O3. The number of nitrogens with zero attached hydrogens (tertiary/aromatic N) is 2. The van der Waals surface area contributed by atoms with E-state index < -0.39 is 0 Å².